The Labute approximate surface area is 75.7 Å². The van der Waals surface area contributed by atoms with E-state index in [9.17, 15) is 9.59 Å². The number of carbonyl (C=O) groups excluding carboxylic acids is 2. The molecule has 74 valence electrons. The summed E-state index contributed by atoms with van der Waals surface area (Å²) in [4.78, 5) is 20.5. The average Bonchev–Trinajstić information content (AvgIpc) is 2.14. The predicted octanol–water partition coefficient (Wildman–Crippen LogP) is 0.512. The van der Waals surface area contributed by atoms with Gasteiger partial charge in [0, 0.05) is 0 Å². The first-order valence-electron chi connectivity index (χ1n) is 3.78. The van der Waals surface area contributed by atoms with Gasteiger partial charge in [-0.05, 0) is 6.92 Å². The summed E-state index contributed by atoms with van der Waals surface area (Å²) in [6, 6.07) is -0.323. The molecule has 1 N–H and O–H groups in total. The SMILES string of the molecule is CC(COC(=O)CCOC=O)N=N. The van der Waals surface area contributed by atoms with Crippen molar-refractivity contribution in [1.29, 1.82) is 5.53 Å². The first-order valence-corrected chi connectivity index (χ1v) is 3.78. The van der Waals surface area contributed by atoms with Crippen LogP contribution in [0.5, 0.6) is 0 Å². The van der Waals surface area contributed by atoms with Crippen molar-refractivity contribution >= 4 is 12.4 Å². The fourth-order valence-electron chi connectivity index (χ4n) is 0.513. The monoisotopic (exact) mass is 188 g/mol. The van der Waals surface area contributed by atoms with Gasteiger partial charge in [-0.15, -0.1) is 0 Å². The first kappa shape index (κ1) is 11.5. The maximum Gasteiger partial charge on any atom is 0.309 e. The molecule has 0 aliphatic rings. The molecule has 0 spiro atoms. The Morgan fingerprint density at radius 1 is 1.69 bits per heavy atom. The minimum atomic E-state index is -0.461. The molecule has 0 aromatic rings. The molecule has 6 nitrogen and oxygen atoms in total. The number of nitrogens with one attached hydrogen (secondary N) is 1. The van der Waals surface area contributed by atoms with Crippen molar-refractivity contribution in [3.8, 4) is 0 Å². The molecule has 6 heteroatoms. The van der Waals surface area contributed by atoms with Gasteiger partial charge in [0.15, 0.2) is 0 Å². The average molecular weight is 188 g/mol. The third-order valence-corrected chi connectivity index (χ3v) is 1.20. The normalized spacial score (nSPS) is 11.5. The fourth-order valence-corrected chi connectivity index (χ4v) is 0.513. The lowest BCUT2D eigenvalue weighted by atomic mass is 10.4. The summed E-state index contributed by atoms with van der Waals surface area (Å²) in [7, 11) is 0. The van der Waals surface area contributed by atoms with Crippen molar-refractivity contribution in [3.63, 3.8) is 0 Å². The van der Waals surface area contributed by atoms with Gasteiger partial charge >= 0.3 is 5.97 Å². The topological polar surface area (TPSA) is 88.8 Å². The van der Waals surface area contributed by atoms with Crippen LogP contribution in [0.4, 0.5) is 0 Å². The van der Waals surface area contributed by atoms with E-state index in [1.54, 1.807) is 6.92 Å². The number of ether oxygens (including phenoxy) is 2. The van der Waals surface area contributed by atoms with Crippen LogP contribution < -0.4 is 0 Å². The molecular weight excluding hydrogens is 176 g/mol. The van der Waals surface area contributed by atoms with Crippen molar-refractivity contribution in [2.24, 2.45) is 5.11 Å². The molecule has 0 aliphatic carbocycles. The van der Waals surface area contributed by atoms with Crippen LogP contribution in [-0.4, -0.2) is 31.7 Å². The molecule has 1 atom stereocenters. The van der Waals surface area contributed by atoms with E-state index in [4.69, 9.17) is 10.3 Å². The molecule has 0 radical (unpaired) electrons. The molecule has 0 saturated heterocycles. The van der Waals surface area contributed by atoms with Crippen molar-refractivity contribution < 1.29 is 19.1 Å². The quantitative estimate of drug-likeness (QED) is 0.273. The standard InChI is InChI=1S/C7H12N2O4/c1-6(9-8)4-13-7(11)2-3-12-5-10/h5-6,8H,2-4H2,1H3. The number of carbonyl (C=O) groups is 2. The molecule has 0 aliphatic heterocycles. The third kappa shape index (κ3) is 6.92. The second-order valence-electron chi connectivity index (χ2n) is 2.38. The Bertz CT molecular complexity index is 183. The van der Waals surface area contributed by atoms with Gasteiger partial charge in [-0.1, -0.05) is 0 Å². The van der Waals surface area contributed by atoms with Crippen LogP contribution in [0.2, 0.25) is 0 Å². The van der Waals surface area contributed by atoms with Gasteiger partial charge in [-0.2, -0.15) is 5.11 Å². The highest BCUT2D eigenvalue weighted by molar-refractivity contribution is 5.69. The highest BCUT2D eigenvalue weighted by Crippen LogP contribution is 1.93. The number of esters is 1. The molecule has 0 saturated carbocycles. The molecule has 13 heavy (non-hydrogen) atoms. The van der Waals surface area contributed by atoms with Crippen LogP contribution in [0.25, 0.3) is 0 Å². The van der Waals surface area contributed by atoms with Gasteiger partial charge in [0.05, 0.1) is 6.42 Å². The highest BCUT2D eigenvalue weighted by atomic mass is 16.5. The number of hydrogen-bond donors (Lipinski definition) is 1. The van der Waals surface area contributed by atoms with E-state index in [0.29, 0.717) is 0 Å². The largest absolute Gasteiger partial charge is 0.467 e. The van der Waals surface area contributed by atoms with E-state index < -0.39 is 5.97 Å². The first-order chi connectivity index (χ1) is 6.20. The van der Waals surface area contributed by atoms with Gasteiger partial charge in [0.25, 0.3) is 6.47 Å². The zero-order valence-electron chi connectivity index (χ0n) is 7.36. The molecule has 0 amide bonds. The van der Waals surface area contributed by atoms with E-state index in [1.807, 2.05) is 0 Å². The molecule has 0 rings (SSSR count). The lowest BCUT2D eigenvalue weighted by Gasteiger charge is -2.05. The summed E-state index contributed by atoms with van der Waals surface area (Å²) in [6.07, 6.45) is 0.0312. The Kier molecular flexibility index (Phi) is 6.39. The minimum Gasteiger partial charge on any atom is -0.467 e. The molecule has 0 aromatic carbocycles. The summed E-state index contributed by atoms with van der Waals surface area (Å²) in [6.45, 7) is 2.04. The van der Waals surface area contributed by atoms with E-state index in [2.05, 4.69) is 9.85 Å². The molecule has 0 heterocycles. The maximum atomic E-state index is 10.8. The van der Waals surface area contributed by atoms with Gasteiger partial charge in [-0.25, -0.2) is 5.53 Å². The second-order valence-corrected chi connectivity index (χ2v) is 2.38. The lowest BCUT2D eigenvalue weighted by molar-refractivity contribution is -0.146. The van der Waals surface area contributed by atoms with E-state index in [-0.39, 0.29) is 32.1 Å². The van der Waals surface area contributed by atoms with E-state index in [0.717, 1.165) is 0 Å². The minimum absolute atomic E-state index is 0.0226. The Morgan fingerprint density at radius 3 is 2.92 bits per heavy atom. The lowest BCUT2D eigenvalue weighted by Crippen LogP contribution is -2.15. The zero-order valence-corrected chi connectivity index (χ0v) is 7.36. The summed E-state index contributed by atoms with van der Waals surface area (Å²) in [5.41, 5.74) is 6.58. The Morgan fingerprint density at radius 2 is 2.38 bits per heavy atom. The summed E-state index contributed by atoms with van der Waals surface area (Å²) < 4.78 is 8.99. The molecule has 0 fully saturated rings. The van der Waals surface area contributed by atoms with Crippen molar-refractivity contribution in [1.82, 2.24) is 0 Å². The van der Waals surface area contributed by atoms with E-state index >= 15 is 0 Å². The second kappa shape index (κ2) is 7.20. The van der Waals surface area contributed by atoms with Gasteiger partial charge in [0.1, 0.15) is 19.3 Å². The third-order valence-electron chi connectivity index (χ3n) is 1.20. The van der Waals surface area contributed by atoms with Crippen LogP contribution in [-0.2, 0) is 19.1 Å². The van der Waals surface area contributed by atoms with Crippen molar-refractivity contribution in [2.75, 3.05) is 13.2 Å². The molecule has 1 unspecified atom stereocenters. The van der Waals surface area contributed by atoms with Gasteiger partial charge in [-0.3, -0.25) is 9.59 Å². The Balaban J connectivity index is 3.39. The number of nitrogens with zero attached hydrogens (tertiary/aromatic N) is 1. The zero-order chi connectivity index (χ0) is 10.1. The summed E-state index contributed by atoms with van der Waals surface area (Å²) >= 11 is 0. The number of rotatable bonds is 7. The van der Waals surface area contributed by atoms with E-state index in [1.165, 1.54) is 0 Å². The van der Waals surface area contributed by atoms with Gasteiger partial charge in [0.2, 0.25) is 0 Å². The highest BCUT2D eigenvalue weighted by Gasteiger charge is 2.05. The fraction of sp³-hybridized carbons (Fsp3) is 0.714. The van der Waals surface area contributed by atoms with Gasteiger partial charge < -0.3 is 9.47 Å². The van der Waals surface area contributed by atoms with Crippen LogP contribution in [0.15, 0.2) is 5.11 Å². The summed E-state index contributed by atoms with van der Waals surface area (Å²) in [5.74, 6) is -0.461. The molecule has 0 bridgehead atoms. The smallest absolute Gasteiger partial charge is 0.309 e. The maximum absolute atomic E-state index is 10.8. The summed E-state index contributed by atoms with van der Waals surface area (Å²) in [5, 5.41) is 3.14. The predicted molar refractivity (Wildman–Crippen MR) is 42.2 cm³/mol. The Hall–Kier alpha value is -1.46. The van der Waals surface area contributed by atoms with Crippen LogP contribution in [0.3, 0.4) is 0 Å². The van der Waals surface area contributed by atoms with Crippen LogP contribution >= 0.6 is 0 Å². The molecule has 0 aromatic heterocycles. The van der Waals surface area contributed by atoms with Crippen molar-refractivity contribution in [3.05, 3.63) is 0 Å². The van der Waals surface area contributed by atoms with Crippen LogP contribution in [0, 0.1) is 5.53 Å². The van der Waals surface area contributed by atoms with Crippen LogP contribution in [0.1, 0.15) is 13.3 Å². The van der Waals surface area contributed by atoms with Crippen molar-refractivity contribution in [2.45, 2.75) is 19.4 Å². The molecular formula is C7H12N2O4. The number of hydrogen-bond acceptors (Lipinski definition) is 6.